The molecule has 1 aliphatic carbocycles. The Bertz CT molecular complexity index is 405. The van der Waals surface area contributed by atoms with Crippen LogP contribution in [0.1, 0.15) is 37.7 Å². The first-order valence-electron chi connectivity index (χ1n) is 6.94. The maximum Gasteiger partial charge on any atom is 0.129 e. The topological polar surface area (TPSA) is 3.24 Å². The van der Waals surface area contributed by atoms with Gasteiger partial charge in [0.15, 0.2) is 0 Å². The van der Waals surface area contributed by atoms with Gasteiger partial charge >= 0.3 is 0 Å². The van der Waals surface area contributed by atoms with E-state index in [1.165, 1.54) is 38.2 Å². The van der Waals surface area contributed by atoms with Crippen LogP contribution in [0.3, 0.4) is 0 Å². The van der Waals surface area contributed by atoms with E-state index in [2.05, 4.69) is 4.90 Å². The van der Waals surface area contributed by atoms with E-state index in [-0.39, 0.29) is 5.82 Å². The lowest BCUT2D eigenvalue weighted by atomic mass is 9.94. The van der Waals surface area contributed by atoms with Gasteiger partial charge in [-0.1, -0.05) is 36.9 Å². The third-order valence-electron chi connectivity index (χ3n) is 3.85. The highest BCUT2D eigenvalue weighted by Gasteiger charge is 2.21. The number of alkyl halides is 1. The van der Waals surface area contributed by atoms with E-state index >= 15 is 0 Å². The van der Waals surface area contributed by atoms with Crippen molar-refractivity contribution in [2.24, 2.45) is 0 Å². The van der Waals surface area contributed by atoms with Crippen LogP contribution in [0.5, 0.6) is 0 Å². The van der Waals surface area contributed by atoms with Crippen molar-refractivity contribution < 1.29 is 4.39 Å². The molecule has 4 heteroatoms. The maximum atomic E-state index is 13.9. The Hall–Kier alpha value is -0.310. The van der Waals surface area contributed by atoms with E-state index in [0.717, 1.165) is 6.54 Å². The van der Waals surface area contributed by atoms with Gasteiger partial charge in [-0.3, -0.25) is 4.90 Å². The number of benzene rings is 1. The summed E-state index contributed by atoms with van der Waals surface area (Å²) in [5.41, 5.74) is 0.708. The van der Waals surface area contributed by atoms with Gasteiger partial charge < -0.3 is 0 Å². The molecule has 0 aromatic heterocycles. The predicted octanol–water partition coefficient (Wildman–Crippen LogP) is 4.85. The molecule has 0 atom stereocenters. The Morgan fingerprint density at radius 3 is 2.58 bits per heavy atom. The fraction of sp³-hybridized carbons (Fsp3) is 0.600. The molecule has 1 saturated carbocycles. The van der Waals surface area contributed by atoms with Gasteiger partial charge in [-0.15, -0.1) is 11.6 Å². The fourth-order valence-corrected chi connectivity index (χ4v) is 3.19. The first-order chi connectivity index (χ1) is 9.20. The van der Waals surface area contributed by atoms with Crippen LogP contribution in [0.25, 0.3) is 0 Å². The molecule has 1 fully saturated rings. The third-order valence-corrected chi connectivity index (χ3v) is 4.26. The second-order valence-electron chi connectivity index (χ2n) is 5.19. The molecule has 0 N–H and O–H groups in total. The van der Waals surface area contributed by atoms with E-state index in [9.17, 15) is 4.39 Å². The number of nitrogens with zero attached hydrogens (tertiary/aromatic N) is 1. The van der Waals surface area contributed by atoms with Crippen molar-refractivity contribution in [2.45, 2.75) is 44.7 Å². The zero-order chi connectivity index (χ0) is 13.7. The minimum absolute atomic E-state index is 0.220. The van der Waals surface area contributed by atoms with Crippen molar-refractivity contribution in [2.75, 3.05) is 12.4 Å². The molecule has 0 amide bonds. The van der Waals surface area contributed by atoms with Gasteiger partial charge in [-0.25, -0.2) is 4.39 Å². The summed E-state index contributed by atoms with van der Waals surface area (Å²) in [6.45, 7) is 1.44. The first kappa shape index (κ1) is 15.1. The zero-order valence-corrected chi connectivity index (χ0v) is 12.6. The molecule has 1 aromatic carbocycles. The summed E-state index contributed by atoms with van der Waals surface area (Å²) in [5.74, 6) is 0.369. The summed E-state index contributed by atoms with van der Waals surface area (Å²) in [6.07, 6.45) is 6.26. The fourth-order valence-electron chi connectivity index (χ4n) is 2.81. The van der Waals surface area contributed by atoms with Gasteiger partial charge in [0.25, 0.3) is 0 Å². The molecule has 0 bridgehead atoms. The molecule has 0 unspecified atom stereocenters. The van der Waals surface area contributed by atoms with E-state index in [4.69, 9.17) is 23.2 Å². The van der Waals surface area contributed by atoms with Crippen LogP contribution < -0.4 is 0 Å². The molecule has 2 rings (SSSR count). The molecule has 0 aliphatic heterocycles. The van der Waals surface area contributed by atoms with Crippen LogP contribution in [0.2, 0.25) is 5.02 Å². The molecule has 1 aromatic rings. The molecule has 19 heavy (non-hydrogen) atoms. The van der Waals surface area contributed by atoms with Crippen molar-refractivity contribution >= 4 is 23.2 Å². The van der Waals surface area contributed by atoms with Crippen LogP contribution in [0.15, 0.2) is 18.2 Å². The number of halogens is 3. The smallest absolute Gasteiger partial charge is 0.129 e. The summed E-state index contributed by atoms with van der Waals surface area (Å²) in [7, 11) is 0. The van der Waals surface area contributed by atoms with E-state index in [1.54, 1.807) is 12.1 Å². The highest BCUT2D eigenvalue weighted by atomic mass is 35.5. The molecule has 106 valence electrons. The van der Waals surface area contributed by atoms with Crippen LogP contribution in [-0.2, 0) is 6.54 Å². The second-order valence-corrected chi connectivity index (χ2v) is 6.00. The number of hydrogen-bond donors (Lipinski definition) is 0. The summed E-state index contributed by atoms with van der Waals surface area (Å²) >= 11 is 11.7. The molecular weight excluding hydrogens is 284 g/mol. The monoisotopic (exact) mass is 303 g/mol. The minimum atomic E-state index is -0.220. The van der Waals surface area contributed by atoms with E-state index in [0.29, 0.717) is 29.1 Å². The Morgan fingerprint density at radius 2 is 1.95 bits per heavy atom. The van der Waals surface area contributed by atoms with Gasteiger partial charge in [0, 0.05) is 35.6 Å². The van der Waals surface area contributed by atoms with Crippen LogP contribution >= 0.6 is 23.2 Å². The predicted molar refractivity (Wildman–Crippen MR) is 79.4 cm³/mol. The highest BCUT2D eigenvalue weighted by Crippen LogP contribution is 2.25. The number of hydrogen-bond acceptors (Lipinski definition) is 1. The van der Waals surface area contributed by atoms with Gasteiger partial charge in [0.1, 0.15) is 5.82 Å². The summed E-state index contributed by atoms with van der Waals surface area (Å²) < 4.78 is 13.9. The summed E-state index contributed by atoms with van der Waals surface area (Å²) in [5, 5.41) is 0.447. The molecule has 0 saturated heterocycles. The summed E-state index contributed by atoms with van der Waals surface area (Å²) in [6, 6.07) is 5.46. The lowest BCUT2D eigenvalue weighted by Gasteiger charge is -2.34. The van der Waals surface area contributed by atoms with Crippen LogP contribution in [-0.4, -0.2) is 23.4 Å². The SMILES string of the molecule is Fc1cc(Cl)ccc1CN(CCCl)C1CCCCC1. The van der Waals surface area contributed by atoms with Crippen molar-refractivity contribution in [3.63, 3.8) is 0 Å². The lowest BCUT2D eigenvalue weighted by Crippen LogP contribution is -2.37. The summed E-state index contributed by atoms with van der Waals surface area (Å²) in [4.78, 5) is 2.32. The average molecular weight is 304 g/mol. The van der Waals surface area contributed by atoms with Gasteiger partial charge in [-0.05, 0) is 25.0 Å². The largest absolute Gasteiger partial charge is 0.295 e. The van der Waals surface area contributed by atoms with Crippen LogP contribution in [0, 0.1) is 5.82 Å². The quantitative estimate of drug-likeness (QED) is 0.703. The first-order valence-corrected chi connectivity index (χ1v) is 7.86. The lowest BCUT2D eigenvalue weighted by molar-refractivity contribution is 0.155. The second kappa shape index (κ2) is 7.47. The molecule has 1 aliphatic rings. The molecule has 1 nitrogen and oxygen atoms in total. The molecule has 0 spiro atoms. The van der Waals surface area contributed by atoms with Gasteiger partial charge in [0.2, 0.25) is 0 Å². The van der Waals surface area contributed by atoms with Crippen LogP contribution in [0.4, 0.5) is 4.39 Å². The standard InChI is InChI=1S/C15H20Cl2FN/c16-8-9-19(14-4-2-1-3-5-14)11-12-6-7-13(17)10-15(12)18/h6-7,10,14H,1-5,8-9,11H2. The highest BCUT2D eigenvalue weighted by molar-refractivity contribution is 6.30. The van der Waals surface area contributed by atoms with E-state index < -0.39 is 0 Å². The van der Waals surface area contributed by atoms with E-state index in [1.807, 2.05) is 0 Å². The Kier molecular flexibility index (Phi) is 5.93. The van der Waals surface area contributed by atoms with Crippen molar-refractivity contribution in [1.82, 2.24) is 4.90 Å². The Balaban J connectivity index is 2.06. The molecule has 0 heterocycles. The number of rotatable bonds is 5. The Labute approximate surface area is 124 Å². The van der Waals surface area contributed by atoms with Gasteiger partial charge in [0.05, 0.1) is 0 Å². The maximum absolute atomic E-state index is 13.9. The van der Waals surface area contributed by atoms with Crippen molar-refractivity contribution in [3.05, 3.63) is 34.6 Å². The normalized spacial score (nSPS) is 17.1. The zero-order valence-electron chi connectivity index (χ0n) is 11.0. The van der Waals surface area contributed by atoms with Gasteiger partial charge in [-0.2, -0.15) is 0 Å². The average Bonchev–Trinajstić information content (AvgIpc) is 2.42. The van der Waals surface area contributed by atoms with Crippen molar-refractivity contribution in [3.8, 4) is 0 Å². The van der Waals surface area contributed by atoms with Crippen molar-refractivity contribution in [1.29, 1.82) is 0 Å². The Morgan fingerprint density at radius 1 is 1.21 bits per heavy atom. The third kappa shape index (κ3) is 4.34. The molecule has 0 radical (unpaired) electrons. The molecular formula is C15H20Cl2FN. The minimum Gasteiger partial charge on any atom is -0.295 e.